The molecule has 3 N–H and O–H groups in total. The van der Waals surface area contributed by atoms with Crippen molar-refractivity contribution in [1.29, 1.82) is 0 Å². The van der Waals surface area contributed by atoms with Gasteiger partial charge >= 0.3 is 0 Å². The second kappa shape index (κ2) is 4.20. The molecule has 2 aromatic rings. The van der Waals surface area contributed by atoms with E-state index in [2.05, 4.69) is 35.1 Å². The monoisotopic (exact) mass is 230 g/mol. The number of aryl methyl sites for hydroxylation is 2. The molecule has 1 aromatic carbocycles. The number of nitrogen functional groups attached to an aromatic ring is 1. The number of nitrogens with zero attached hydrogens (tertiary/aromatic N) is 2. The minimum Gasteiger partial charge on any atom is -0.398 e. The van der Waals surface area contributed by atoms with Crippen LogP contribution in [0.4, 0.5) is 5.69 Å². The molecule has 17 heavy (non-hydrogen) atoms. The molecule has 0 saturated heterocycles. The van der Waals surface area contributed by atoms with E-state index in [0.29, 0.717) is 11.7 Å². The number of anilines is 1. The number of aromatic amines is 1. The first-order valence-electron chi connectivity index (χ1n) is 5.78. The number of hydrogen-bond donors (Lipinski definition) is 2. The van der Waals surface area contributed by atoms with Crippen molar-refractivity contribution >= 4 is 5.69 Å². The third kappa shape index (κ3) is 2.16. The first-order valence-corrected chi connectivity index (χ1v) is 5.78. The summed E-state index contributed by atoms with van der Waals surface area (Å²) in [6.07, 6.45) is 0. The quantitative estimate of drug-likeness (QED) is 0.779. The molecule has 1 heterocycles. The maximum Gasteiger partial charge on any atom is 0.183 e. The van der Waals surface area contributed by atoms with Gasteiger partial charge in [-0.2, -0.15) is 5.10 Å². The number of nitrogens with two attached hydrogens (primary N) is 1. The molecular weight excluding hydrogens is 212 g/mol. The van der Waals surface area contributed by atoms with Crippen LogP contribution in [0, 0.1) is 13.8 Å². The fourth-order valence-corrected chi connectivity index (χ4v) is 1.82. The van der Waals surface area contributed by atoms with Crippen LogP contribution in [-0.2, 0) is 0 Å². The van der Waals surface area contributed by atoms with Crippen molar-refractivity contribution in [2.75, 3.05) is 5.73 Å². The van der Waals surface area contributed by atoms with Crippen molar-refractivity contribution in [3.05, 3.63) is 29.1 Å². The third-order valence-electron chi connectivity index (χ3n) is 2.82. The maximum atomic E-state index is 6.07. The first kappa shape index (κ1) is 11.6. The van der Waals surface area contributed by atoms with Gasteiger partial charge in [0.05, 0.1) is 0 Å². The van der Waals surface area contributed by atoms with Crippen molar-refractivity contribution in [2.45, 2.75) is 33.6 Å². The summed E-state index contributed by atoms with van der Waals surface area (Å²) >= 11 is 0. The predicted molar refractivity (Wildman–Crippen MR) is 69.8 cm³/mol. The van der Waals surface area contributed by atoms with Crippen molar-refractivity contribution in [3.63, 3.8) is 0 Å². The van der Waals surface area contributed by atoms with E-state index in [1.807, 2.05) is 19.9 Å². The highest BCUT2D eigenvalue weighted by Crippen LogP contribution is 2.27. The summed E-state index contributed by atoms with van der Waals surface area (Å²) in [5, 5.41) is 7.19. The minimum atomic E-state index is 0.336. The van der Waals surface area contributed by atoms with Crippen LogP contribution in [0.1, 0.15) is 36.7 Å². The molecule has 0 aliphatic heterocycles. The molecule has 0 radical (unpaired) electrons. The fraction of sp³-hybridized carbons (Fsp3) is 0.385. The Bertz CT molecular complexity index is 540. The van der Waals surface area contributed by atoms with Crippen molar-refractivity contribution in [1.82, 2.24) is 15.2 Å². The Morgan fingerprint density at radius 2 is 1.94 bits per heavy atom. The second-order valence-corrected chi connectivity index (χ2v) is 4.74. The number of hydrogen-bond acceptors (Lipinski definition) is 3. The van der Waals surface area contributed by atoms with E-state index >= 15 is 0 Å². The van der Waals surface area contributed by atoms with E-state index in [0.717, 1.165) is 22.6 Å². The van der Waals surface area contributed by atoms with E-state index in [1.54, 1.807) is 0 Å². The molecule has 4 nitrogen and oxygen atoms in total. The van der Waals surface area contributed by atoms with Gasteiger partial charge < -0.3 is 5.73 Å². The van der Waals surface area contributed by atoms with Gasteiger partial charge in [-0.25, -0.2) is 4.98 Å². The molecule has 90 valence electrons. The Labute approximate surface area is 101 Å². The Morgan fingerprint density at radius 3 is 2.53 bits per heavy atom. The van der Waals surface area contributed by atoms with Gasteiger partial charge in [-0.05, 0) is 31.0 Å². The van der Waals surface area contributed by atoms with Crippen LogP contribution in [0.15, 0.2) is 12.1 Å². The van der Waals surface area contributed by atoms with Crippen LogP contribution in [0.3, 0.4) is 0 Å². The van der Waals surface area contributed by atoms with Crippen molar-refractivity contribution in [2.24, 2.45) is 0 Å². The van der Waals surface area contributed by atoms with E-state index in [9.17, 15) is 0 Å². The second-order valence-electron chi connectivity index (χ2n) is 4.74. The van der Waals surface area contributed by atoms with Crippen molar-refractivity contribution in [3.8, 4) is 11.4 Å². The smallest absolute Gasteiger partial charge is 0.183 e. The highest BCUT2D eigenvalue weighted by Gasteiger charge is 2.12. The van der Waals surface area contributed by atoms with E-state index in [1.165, 1.54) is 5.56 Å². The Morgan fingerprint density at radius 1 is 1.24 bits per heavy atom. The van der Waals surface area contributed by atoms with Crippen LogP contribution < -0.4 is 5.73 Å². The summed E-state index contributed by atoms with van der Waals surface area (Å²) in [7, 11) is 0. The van der Waals surface area contributed by atoms with E-state index in [4.69, 9.17) is 5.73 Å². The zero-order valence-electron chi connectivity index (χ0n) is 10.7. The Kier molecular flexibility index (Phi) is 2.88. The summed E-state index contributed by atoms with van der Waals surface area (Å²) in [5.74, 6) is 1.90. The summed E-state index contributed by atoms with van der Waals surface area (Å²) in [6.45, 7) is 8.21. The van der Waals surface area contributed by atoms with Crippen LogP contribution in [0.2, 0.25) is 0 Å². The summed E-state index contributed by atoms with van der Waals surface area (Å²) < 4.78 is 0. The van der Waals surface area contributed by atoms with Gasteiger partial charge in [0.1, 0.15) is 5.82 Å². The van der Waals surface area contributed by atoms with Gasteiger partial charge in [0.2, 0.25) is 0 Å². The Balaban J connectivity index is 2.52. The molecule has 0 unspecified atom stereocenters. The lowest BCUT2D eigenvalue weighted by Gasteiger charge is -2.06. The number of nitrogens with one attached hydrogen (secondary N) is 1. The fourth-order valence-electron chi connectivity index (χ4n) is 1.82. The van der Waals surface area contributed by atoms with Crippen LogP contribution >= 0.6 is 0 Å². The SMILES string of the molecule is Cc1cc(C)c(N)c(-c2n[nH]c(C(C)C)n2)c1. The standard InChI is InChI=1S/C13H18N4/c1-7(2)12-15-13(17-16-12)10-6-8(3)5-9(4)11(10)14/h5-7H,14H2,1-4H3,(H,15,16,17). The molecule has 2 rings (SSSR count). The minimum absolute atomic E-state index is 0.336. The molecule has 0 aliphatic rings. The normalized spacial score (nSPS) is 11.1. The zero-order chi connectivity index (χ0) is 12.6. The maximum absolute atomic E-state index is 6.07. The number of benzene rings is 1. The van der Waals surface area contributed by atoms with E-state index in [-0.39, 0.29) is 0 Å². The largest absolute Gasteiger partial charge is 0.398 e. The Hall–Kier alpha value is -1.84. The lowest BCUT2D eigenvalue weighted by atomic mass is 10.0. The van der Waals surface area contributed by atoms with Crippen LogP contribution in [0.25, 0.3) is 11.4 Å². The summed E-state index contributed by atoms with van der Waals surface area (Å²) in [5.41, 5.74) is 9.97. The number of aromatic nitrogens is 3. The number of H-pyrrole nitrogens is 1. The molecule has 0 amide bonds. The van der Waals surface area contributed by atoms with Gasteiger partial charge in [0.25, 0.3) is 0 Å². The zero-order valence-corrected chi connectivity index (χ0v) is 10.7. The third-order valence-corrected chi connectivity index (χ3v) is 2.82. The average Bonchev–Trinajstić information content (AvgIpc) is 2.72. The van der Waals surface area contributed by atoms with Gasteiger partial charge in [0.15, 0.2) is 5.82 Å². The molecule has 0 bridgehead atoms. The number of rotatable bonds is 2. The van der Waals surface area contributed by atoms with Gasteiger partial charge in [-0.3, -0.25) is 5.10 Å². The van der Waals surface area contributed by atoms with Gasteiger partial charge in [-0.1, -0.05) is 19.9 Å². The molecule has 0 atom stereocenters. The predicted octanol–water partition coefficient (Wildman–Crippen LogP) is 2.79. The molecular formula is C13H18N4. The molecule has 0 spiro atoms. The average molecular weight is 230 g/mol. The molecule has 0 fully saturated rings. The summed E-state index contributed by atoms with van der Waals surface area (Å²) in [4.78, 5) is 4.48. The highest BCUT2D eigenvalue weighted by molar-refractivity contribution is 5.74. The first-order chi connectivity index (χ1) is 7.99. The molecule has 0 aliphatic carbocycles. The highest BCUT2D eigenvalue weighted by atomic mass is 15.2. The topological polar surface area (TPSA) is 67.6 Å². The van der Waals surface area contributed by atoms with Crippen LogP contribution in [-0.4, -0.2) is 15.2 Å². The van der Waals surface area contributed by atoms with Crippen LogP contribution in [0.5, 0.6) is 0 Å². The van der Waals surface area contributed by atoms with Crippen molar-refractivity contribution < 1.29 is 0 Å². The van der Waals surface area contributed by atoms with Gasteiger partial charge in [-0.15, -0.1) is 0 Å². The van der Waals surface area contributed by atoms with E-state index < -0.39 is 0 Å². The molecule has 4 heteroatoms. The lowest BCUT2D eigenvalue weighted by Crippen LogP contribution is -1.96. The molecule has 0 saturated carbocycles. The molecule has 1 aromatic heterocycles. The van der Waals surface area contributed by atoms with Gasteiger partial charge in [0, 0.05) is 17.2 Å². The summed E-state index contributed by atoms with van der Waals surface area (Å²) in [6, 6.07) is 4.09. The lowest BCUT2D eigenvalue weighted by molar-refractivity contribution is 0.781.